The molecular formula is C124H183N5O20. The smallest absolute Gasteiger partial charge is 0.419 e. The average molecular weight is 2060 g/mol. The van der Waals surface area contributed by atoms with Gasteiger partial charge in [0.2, 0.25) is 0 Å². The van der Waals surface area contributed by atoms with Gasteiger partial charge >= 0.3 is 54.8 Å². The number of carbonyl (C=O) groups excluding carboxylic acids is 9. The van der Waals surface area contributed by atoms with Gasteiger partial charge in [-0.15, -0.1) is 0 Å². The monoisotopic (exact) mass is 2060 g/mol. The van der Waals surface area contributed by atoms with Crippen LogP contribution < -0.4 is 9.47 Å². The third-order valence-electron chi connectivity index (χ3n) is 33.1. The van der Waals surface area contributed by atoms with Crippen molar-refractivity contribution in [2.24, 2.45) is 11.8 Å². The Bertz CT molecular complexity index is 4660. The van der Waals surface area contributed by atoms with Crippen LogP contribution in [0.2, 0.25) is 0 Å². The molecule has 0 aromatic heterocycles. The fourth-order valence-corrected chi connectivity index (χ4v) is 22.2. The maximum Gasteiger partial charge on any atom is 0.419 e. The molecule has 0 saturated heterocycles. The molecule has 7 aliphatic carbocycles. The zero-order chi connectivity index (χ0) is 108. The first-order valence-electron chi connectivity index (χ1n) is 57.1. The molecule has 149 heavy (non-hydrogen) atoms. The highest BCUT2D eigenvalue weighted by atomic mass is 16.6. The Hall–Kier alpha value is -10.9. The second kappa shape index (κ2) is 62.8. The topological polar surface area (TPSA) is 271 Å². The molecule has 0 radical (unpaired) electrons. The van der Waals surface area contributed by atoms with E-state index in [1.165, 1.54) is 138 Å². The summed E-state index contributed by atoms with van der Waals surface area (Å²) < 4.78 is 63.0. The van der Waals surface area contributed by atoms with Gasteiger partial charge in [-0.05, 0) is 309 Å². The summed E-state index contributed by atoms with van der Waals surface area (Å²) in [6, 6.07) is 54.4. The van der Waals surface area contributed by atoms with Crippen molar-refractivity contribution in [3.8, 4) is 11.5 Å². The van der Waals surface area contributed by atoms with Gasteiger partial charge in [-0.3, -0.25) is 0 Å². The van der Waals surface area contributed by atoms with Gasteiger partial charge in [0.25, 0.3) is 0 Å². The molecule has 0 heterocycles. The maximum absolute atomic E-state index is 13.3. The summed E-state index contributed by atoms with van der Waals surface area (Å²) in [5.41, 5.74) is 2.37. The van der Waals surface area contributed by atoms with Crippen LogP contribution in [0, 0.1) is 11.8 Å². The molecule has 25 heteroatoms. The molecule has 7 fully saturated rings. The van der Waals surface area contributed by atoms with Crippen LogP contribution in [-0.4, -0.2) is 171 Å². The molecule has 7 saturated carbocycles. The molecule has 0 N–H and O–H groups in total. The van der Waals surface area contributed by atoms with Crippen molar-refractivity contribution in [1.82, 2.24) is 24.5 Å². The largest absolute Gasteiger partial charge is 0.497 e. The zero-order valence-corrected chi connectivity index (χ0v) is 93.4. The maximum atomic E-state index is 13.3. The van der Waals surface area contributed by atoms with Crippen molar-refractivity contribution in [2.75, 3.05) is 40.4 Å². The number of amides is 9. The van der Waals surface area contributed by atoms with Crippen LogP contribution in [0.5, 0.6) is 11.5 Å². The molecule has 0 unspecified atom stereocenters. The lowest BCUT2D eigenvalue weighted by molar-refractivity contribution is -0.0551. The van der Waals surface area contributed by atoms with Gasteiger partial charge in [0.1, 0.15) is 63.9 Å². The zero-order valence-electron chi connectivity index (χ0n) is 93.4. The lowest BCUT2D eigenvalue weighted by Gasteiger charge is -2.42. The van der Waals surface area contributed by atoms with Crippen molar-refractivity contribution in [3.63, 3.8) is 0 Å². The van der Waals surface area contributed by atoms with Crippen LogP contribution in [-0.2, 0) is 81.5 Å². The molecule has 9 amide bonds. The Morgan fingerprint density at radius 1 is 0.268 bits per heavy atom. The van der Waals surface area contributed by atoms with Gasteiger partial charge in [0.15, 0.2) is 0 Å². The summed E-state index contributed by atoms with van der Waals surface area (Å²) >= 11 is 0. The summed E-state index contributed by atoms with van der Waals surface area (Å²) in [5, 5.41) is 0. The molecule has 0 bridgehead atoms. The van der Waals surface area contributed by atoms with E-state index < -0.39 is 82.4 Å². The predicted octanol–water partition coefficient (Wildman–Crippen LogP) is 32.3. The normalized spacial score (nSPS) is 16.9. The number of imide groups is 4. The Kier molecular flexibility index (Phi) is 51.3. The van der Waals surface area contributed by atoms with Crippen LogP contribution in [0.3, 0.4) is 0 Å². The fourth-order valence-electron chi connectivity index (χ4n) is 22.2. The predicted molar refractivity (Wildman–Crippen MR) is 587 cm³/mol. The number of ether oxygens (including phenoxy) is 11. The number of hydrogen-bond acceptors (Lipinski definition) is 20. The molecular weight excluding hydrogens is 1880 g/mol. The van der Waals surface area contributed by atoms with Gasteiger partial charge in [0.05, 0.1) is 14.2 Å². The van der Waals surface area contributed by atoms with Gasteiger partial charge < -0.3 is 57.0 Å². The Morgan fingerprint density at radius 2 is 0.503 bits per heavy atom. The van der Waals surface area contributed by atoms with E-state index in [-0.39, 0.29) is 51.1 Å². The van der Waals surface area contributed by atoms with Crippen molar-refractivity contribution in [2.45, 2.75) is 456 Å². The molecule has 25 nitrogen and oxygen atoms in total. The van der Waals surface area contributed by atoms with Crippen molar-refractivity contribution < 1.29 is 95.3 Å². The highest BCUT2D eigenvalue weighted by Crippen LogP contribution is 2.43. The summed E-state index contributed by atoms with van der Waals surface area (Å²) in [7, 11) is 3.16. The summed E-state index contributed by atoms with van der Waals surface area (Å²) in [6.07, 6.45) is 42.5. The first kappa shape index (κ1) is 122. The minimum absolute atomic E-state index is 0.0209. The number of rotatable bonds is 38. The SMILES string of the molecule is CC(C)(OC(=O)N(CCc1ccccc1)C(=O)OC(C)(C)C1CCCCC1)C1CCCCC1.CCC(CC)(CC)OC(=O)N(CCc1ccccc1)C(=O)OC(CC)(CC)CC.CCC1(OC(=O)N(C2CCCCC2)C2CCCCC2)CCCC1.CCC1(OC(=O)N(CCc2ccccc2)C(=O)OC2(CC)CCCCC2)CCCCC1.COc1ccc(COC(=O)N(CCc2ccccc2)C(=O)OCc2ccc(OC)cc2)cc1. The molecule has 0 atom stereocenters. The molecule has 13 rings (SSSR count). The highest BCUT2D eigenvalue weighted by molar-refractivity contribution is 5.90. The van der Waals surface area contributed by atoms with Crippen LogP contribution in [0.25, 0.3) is 0 Å². The third kappa shape index (κ3) is 38.8. The quantitative estimate of drug-likeness (QED) is 0.0326. The van der Waals surface area contributed by atoms with E-state index in [4.69, 9.17) is 52.1 Å². The van der Waals surface area contributed by atoms with Gasteiger partial charge in [-0.25, -0.2) is 62.8 Å². The van der Waals surface area contributed by atoms with Gasteiger partial charge in [-0.1, -0.05) is 298 Å². The van der Waals surface area contributed by atoms with Gasteiger partial charge in [-0.2, -0.15) is 0 Å². The Morgan fingerprint density at radius 3 is 0.765 bits per heavy atom. The minimum Gasteiger partial charge on any atom is -0.497 e. The third-order valence-corrected chi connectivity index (χ3v) is 33.1. The highest BCUT2D eigenvalue weighted by Gasteiger charge is 2.47. The number of carbonyl (C=O) groups is 9. The minimum atomic E-state index is -0.763. The van der Waals surface area contributed by atoms with Gasteiger partial charge in [0, 0.05) is 38.3 Å². The molecule has 0 aliphatic heterocycles. The number of hydrogen-bond donors (Lipinski definition) is 0. The number of nitrogens with zero attached hydrogens (tertiary/aromatic N) is 5. The molecule has 6 aromatic rings. The van der Waals surface area contributed by atoms with Crippen LogP contribution in [0.4, 0.5) is 43.2 Å². The first-order valence-corrected chi connectivity index (χ1v) is 57.1. The van der Waals surface area contributed by atoms with E-state index in [9.17, 15) is 43.2 Å². The van der Waals surface area contributed by atoms with E-state index in [1.54, 1.807) is 62.8 Å². The van der Waals surface area contributed by atoms with Crippen molar-refractivity contribution in [3.05, 3.63) is 203 Å². The van der Waals surface area contributed by atoms with Crippen LogP contribution >= 0.6 is 0 Å². The van der Waals surface area contributed by atoms with Crippen molar-refractivity contribution >= 4 is 54.8 Å². The summed E-state index contributed by atoms with van der Waals surface area (Å²) in [6.45, 7) is 27.2. The molecule has 6 aromatic carbocycles. The van der Waals surface area contributed by atoms with E-state index in [0.29, 0.717) is 99.6 Å². The lowest BCUT2D eigenvalue weighted by Crippen LogP contribution is -2.51. The van der Waals surface area contributed by atoms with Crippen molar-refractivity contribution in [1.29, 1.82) is 0 Å². The molecule has 7 aliphatic rings. The lowest BCUT2D eigenvalue weighted by atomic mass is 9.79. The standard InChI is InChI=1S/C28H43NO4.C26H27NO6.C26H39NO4.C24H39NO4.C20H35NO2/c1-27(2,23-16-10-6-11-17-23)32-25(30)29(21-20-22-14-8-5-9-15-22)26(31)33-28(3,4)24-18-12-7-13-19-24;1-30-23-12-8-21(9-13-23)18-32-25(28)27(17-16-20-6-4-3-5-7-20)26(29)33-19-22-10-14-24(31-2)15-11-22;1-3-25(17-10-6-11-18-25)30-23(28)27(21-16-22-14-8-5-9-15-22)24(29)31-26(4-2)19-12-7-13-20-26;1-7-23(8-2,9-3)28-21(26)25(19-18-20-16-14-13-15-17-20)22(27)29-24(10-4,11-5)12-6;1-2-20(15-9-10-16-20)23-19(22)21(17-11-5-3-6-12-17)18-13-7-4-8-14-18/h5,8-9,14-15,23-24H,6-7,10-13,16-21H2,1-4H3;3-15H,16-19H2,1-2H3;5,8-9,14-15H,3-4,6-7,10-13,16-21H2,1-2H3;13-17H,7-12,18-19H2,1-6H3;17-18H,2-16H2,1H3. The van der Waals surface area contributed by atoms with E-state index in [0.717, 1.165) is 152 Å². The van der Waals surface area contributed by atoms with E-state index in [1.807, 2.05) is 191 Å². The Labute approximate surface area is 892 Å². The second-order valence-corrected chi connectivity index (χ2v) is 43.2. The molecule has 824 valence electrons. The summed E-state index contributed by atoms with van der Waals surface area (Å²) in [5.74, 6) is 2.05. The summed E-state index contributed by atoms with van der Waals surface area (Å²) in [4.78, 5) is 125. The second-order valence-electron chi connectivity index (χ2n) is 43.2. The number of methoxy groups -OCH3 is 2. The first-order chi connectivity index (χ1) is 71.9. The Balaban J connectivity index is 0.000000208. The fraction of sp³-hybridized carbons (Fsp3) is 0.637. The van der Waals surface area contributed by atoms with E-state index >= 15 is 0 Å². The van der Waals surface area contributed by atoms with E-state index in [2.05, 4.69) is 25.7 Å². The molecule has 0 spiro atoms. The number of benzene rings is 6. The average Bonchev–Trinajstić information content (AvgIpc) is 1.47. The van der Waals surface area contributed by atoms with Crippen LogP contribution in [0.1, 0.15) is 399 Å². The van der Waals surface area contributed by atoms with Crippen LogP contribution in [0.15, 0.2) is 170 Å².